The molecule has 90 valence electrons. The van der Waals surface area contributed by atoms with Crippen molar-refractivity contribution in [1.82, 2.24) is 10.2 Å². The molecular weight excluding hydrogens is 212 g/mol. The molecule has 0 aromatic rings. The third-order valence-electron chi connectivity index (χ3n) is 2.29. The van der Waals surface area contributed by atoms with Crippen LogP contribution in [-0.2, 0) is 14.3 Å². The van der Waals surface area contributed by atoms with Crippen LogP contribution in [0.15, 0.2) is 0 Å². The van der Waals surface area contributed by atoms with E-state index in [4.69, 9.17) is 4.74 Å². The van der Waals surface area contributed by atoms with Crippen LogP contribution in [0.2, 0.25) is 0 Å². The first kappa shape index (κ1) is 12.5. The van der Waals surface area contributed by atoms with E-state index >= 15 is 0 Å². The van der Waals surface area contributed by atoms with Gasteiger partial charge in [0.25, 0.3) is 5.91 Å². The number of imide groups is 1. The first-order valence-electron chi connectivity index (χ1n) is 5.18. The minimum atomic E-state index is -0.883. The Bertz CT molecular complexity index is 325. The Balaban J connectivity index is 2.52. The van der Waals surface area contributed by atoms with Crippen LogP contribution in [0.5, 0.6) is 0 Å². The Morgan fingerprint density at radius 1 is 1.44 bits per heavy atom. The minimum absolute atomic E-state index is 0.0308. The summed E-state index contributed by atoms with van der Waals surface area (Å²) in [4.78, 5) is 35.2. The highest BCUT2D eigenvalue weighted by Gasteiger charge is 2.43. The zero-order valence-corrected chi connectivity index (χ0v) is 9.70. The molecule has 1 aliphatic heterocycles. The lowest BCUT2D eigenvalue weighted by atomic mass is 10.1. The van der Waals surface area contributed by atoms with Crippen molar-refractivity contribution in [3.8, 4) is 0 Å². The number of carbonyl (C=O) groups excluding carboxylic acids is 3. The number of nitrogens with zero attached hydrogens (tertiary/aromatic N) is 1. The fraction of sp³-hybridized carbons (Fsp3) is 0.700. The number of urea groups is 1. The van der Waals surface area contributed by atoms with E-state index in [1.807, 2.05) is 0 Å². The third kappa shape index (κ3) is 2.50. The van der Waals surface area contributed by atoms with Gasteiger partial charge in [0, 0.05) is 6.54 Å². The topological polar surface area (TPSA) is 75.7 Å². The quantitative estimate of drug-likeness (QED) is 0.553. The summed E-state index contributed by atoms with van der Waals surface area (Å²) in [5.74, 6) is -0.727. The molecule has 1 fully saturated rings. The second-order valence-electron chi connectivity index (χ2n) is 4.07. The molecule has 0 saturated carbocycles. The van der Waals surface area contributed by atoms with Crippen molar-refractivity contribution in [2.75, 3.05) is 13.2 Å². The Hall–Kier alpha value is -1.59. The Labute approximate surface area is 93.9 Å². The summed E-state index contributed by atoms with van der Waals surface area (Å²) >= 11 is 0. The van der Waals surface area contributed by atoms with Crippen molar-refractivity contribution in [3.05, 3.63) is 0 Å². The third-order valence-corrected chi connectivity index (χ3v) is 2.29. The number of carbonyl (C=O) groups is 3. The van der Waals surface area contributed by atoms with Crippen LogP contribution in [0.3, 0.4) is 0 Å². The molecule has 0 aromatic heterocycles. The van der Waals surface area contributed by atoms with Gasteiger partial charge in [0.1, 0.15) is 5.54 Å². The first-order valence-corrected chi connectivity index (χ1v) is 5.18. The Morgan fingerprint density at radius 2 is 2.06 bits per heavy atom. The van der Waals surface area contributed by atoms with E-state index in [-0.39, 0.29) is 18.9 Å². The van der Waals surface area contributed by atoms with Gasteiger partial charge >= 0.3 is 12.0 Å². The average molecular weight is 228 g/mol. The maximum atomic E-state index is 11.7. The highest BCUT2D eigenvalue weighted by atomic mass is 16.5. The van der Waals surface area contributed by atoms with Crippen LogP contribution in [0.1, 0.15) is 27.2 Å². The monoisotopic (exact) mass is 228 g/mol. The van der Waals surface area contributed by atoms with E-state index < -0.39 is 17.5 Å². The molecule has 0 aliphatic carbocycles. The summed E-state index contributed by atoms with van der Waals surface area (Å²) < 4.78 is 4.72. The lowest BCUT2D eigenvalue weighted by Crippen LogP contribution is -2.40. The number of hydrogen-bond donors (Lipinski definition) is 1. The van der Waals surface area contributed by atoms with Gasteiger partial charge in [0.15, 0.2) is 0 Å². The molecule has 1 heterocycles. The molecule has 0 bridgehead atoms. The zero-order chi connectivity index (χ0) is 12.3. The summed E-state index contributed by atoms with van der Waals surface area (Å²) in [6.45, 7) is 5.31. The smallest absolute Gasteiger partial charge is 0.325 e. The van der Waals surface area contributed by atoms with Gasteiger partial charge in [-0.05, 0) is 20.8 Å². The molecule has 0 atom stereocenters. The predicted molar refractivity (Wildman–Crippen MR) is 55.6 cm³/mol. The van der Waals surface area contributed by atoms with Crippen LogP contribution in [-0.4, -0.2) is 41.5 Å². The van der Waals surface area contributed by atoms with Crippen molar-refractivity contribution < 1.29 is 19.1 Å². The van der Waals surface area contributed by atoms with Crippen molar-refractivity contribution in [2.45, 2.75) is 32.7 Å². The molecular formula is C10H16N2O4. The van der Waals surface area contributed by atoms with E-state index in [1.165, 1.54) is 0 Å². The maximum Gasteiger partial charge on any atom is 0.325 e. The standard InChI is InChI=1S/C10H16N2O4/c1-4-16-7(13)5-6-12-8(14)10(2,3)11-9(12)15/h4-6H2,1-3H3,(H,11,15). The number of amides is 3. The number of esters is 1. The minimum Gasteiger partial charge on any atom is -0.466 e. The summed E-state index contributed by atoms with van der Waals surface area (Å²) in [6, 6.07) is -0.459. The first-order chi connectivity index (χ1) is 7.38. The summed E-state index contributed by atoms with van der Waals surface area (Å²) in [6.07, 6.45) is 0.0308. The van der Waals surface area contributed by atoms with Gasteiger partial charge in [-0.3, -0.25) is 14.5 Å². The molecule has 3 amide bonds. The largest absolute Gasteiger partial charge is 0.466 e. The van der Waals surface area contributed by atoms with Crippen LogP contribution in [0.25, 0.3) is 0 Å². The normalized spacial score (nSPS) is 18.6. The van der Waals surface area contributed by atoms with E-state index in [0.717, 1.165) is 4.90 Å². The predicted octanol–water partition coefficient (Wildman–Crippen LogP) is 0.270. The molecule has 1 rings (SSSR count). The van der Waals surface area contributed by atoms with E-state index in [9.17, 15) is 14.4 Å². The van der Waals surface area contributed by atoms with E-state index in [0.29, 0.717) is 6.61 Å². The van der Waals surface area contributed by atoms with Crippen molar-refractivity contribution in [1.29, 1.82) is 0 Å². The van der Waals surface area contributed by atoms with Crippen molar-refractivity contribution >= 4 is 17.9 Å². The molecule has 0 radical (unpaired) electrons. The van der Waals surface area contributed by atoms with Gasteiger partial charge in [0.05, 0.1) is 13.0 Å². The van der Waals surface area contributed by atoms with Gasteiger partial charge in [-0.15, -0.1) is 0 Å². The highest BCUT2D eigenvalue weighted by molar-refractivity contribution is 6.06. The second kappa shape index (κ2) is 4.51. The van der Waals surface area contributed by atoms with Gasteiger partial charge in [0.2, 0.25) is 0 Å². The number of ether oxygens (including phenoxy) is 1. The van der Waals surface area contributed by atoms with Crippen LogP contribution < -0.4 is 5.32 Å². The van der Waals surface area contributed by atoms with Crippen LogP contribution in [0.4, 0.5) is 4.79 Å². The number of rotatable bonds is 4. The van der Waals surface area contributed by atoms with Gasteiger partial charge in [-0.25, -0.2) is 4.79 Å². The average Bonchev–Trinajstić information content (AvgIpc) is 2.35. The molecule has 1 N–H and O–H groups in total. The van der Waals surface area contributed by atoms with Gasteiger partial charge in [-0.1, -0.05) is 0 Å². The Morgan fingerprint density at radius 3 is 2.50 bits per heavy atom. The fourth-order valence-electron chi connectivity index (χ4n) is 1.46. The highest BCUT2D eigenvalue weighted by Crippen LogP contribution is 2.16. The molecule has 0 aromatic carbocycles. The van der Waals surface area contributed by atoms with Gasteiger partial charge in [-0.2, -0.15) is 0 Å². The SMILES string of the molecule is CCOC(=O)CCN1C(=O)NC(C)(C)C1=O. The number of nitrogens with one attached hydrogen (secondary N) is 1. The molecule has 1 aliphatic rings. The lowest BCUT2D eigenvalue weighted by Gasteiger charge is -2.15. The summed E-state index contributed by atoms with van der Waals surface area (Å²) in [5.41, 5.74) is -0.883. The van der Waals surface area contributed by atoms with E-state index in [1.54, 1.807) is 20.8 Å². The Kier molecular flexibility index (Phi) is 3.51. The second-order valence-corrected chi connectivity index (χ2v) is 4.07. The fourth-order valence-corrected chi connectivity index (χ4v) is 1.46. The molecule has 6 nitrogen and oxygen atoms in total. The summed E-state index contributed by atoms with van der Waals surface area (Å²) in [7, 11) is 0. The zero-order valence-electron chi connectivity index (χ0n) is 9.70. The van der Waals surface area contributed by atoms with Gasteiger partial charge < -0.3 is 10.1 Å². The van der Waals surface area contributed by atoms with Crippen molar-refractivity contribution in [2.24, 2.45) is 0 Å². The van der Waals surface area contributed by atoms with Crippen molar-refractivity contribution in [3.63, 3.8) is 0 Å². The molecule has 1 saturated heterocycles. The molecule has 0 unspecified atom stereocenters. The molecule has 6 heteroatoms. The summed E-state index contributed by atoms with van der Waals surface area (Å²) in [5, 5.41) is 2.53. The lowest BCUT2D eigenvalue weighted by molar-refractivity contribution is -0.143. The molecule has 16 heavy (non-hydrogen) atoms. The van der Waals surface area contributed by atoms with Crippen LogP contribution >= 0.6 is 0 Å². The maximum absolute atomic E-state index is 11.7. The van der Waals surface area contributed by atoms with E-state index in [2.05, 4.69) is 5.32 Å². The number of hydrogen-bond acceptors (Lipinski definition) is 4. The molecule has 0 spiro atoms. The van der Waals surface area contributed by atoms with Crippen LogP contribution in [0, 0.1) is 0 Å².